The summed E-state index contributed by atoms with van der Waals surface area (Å²) in [5.74, 6) is 0.917. The summed E-state index contributed by atoms with van der Waals surface area (Å²) in [5, 5.41) is 3.36. The molecule has 0 atom stereocenters. The van der Waals surface area contributed by atoms with Crippen LogP contribution in [0.5, 0.6) is 5.75 Å². The van der Waals surface area contributed by atoms with Crippen molar-refractivity contribution in [3.05, 3.63) is 64.6 Å². The quantitative estimate of drug-likeness (QED) is 0.823. The van der Waals surface area contributed by atoms with E-state index in [-0.39, 0.29) is 0 Å². The van der Waals surface area contributed by atoms with Gasteiger partial charge in [0.15, 0.2) is 0 Å². The molecular weight excluding hydrogens is 290 g/mol. The van der Waals surface area contributed by atoms with Crippen LogP contribution in [0.2, 0.25) is 0 Å². The molecule has 94 valence electrons. The average Bonchev–Trinajstić information content (AvgIpc) is 2.42. The van der Waals surface area contributed by atoms with Gasteiger partial charge in [0.1, 0.15) is 12.4 Å². The molecular formula is C15H16BrNO. The van der Waals surface area contributed by atoms with Crippen molar-refractivity contribution in [3.63, 3.8) is 0 Å². The van der Waals surface area contributed by atoms with E-state index in [0.717, 1.165) is 23.3 Å². The van der Waals surface area contributed by atoms with Gasteiger partial charge in [0.2, 0.25) is 0 Å². The second-order valence-electron chi connectivity index (χ2n) is 3.93. The normalized spacial score (nSPS) is 10.3. The minimum absolute atomic E-state index is 0.675. The van der Waals surface area contributed by atoms with E-state index < -0.39 is 0 Å². The third-order valence-electron chi connectivity index (χ3n) is 2.56. The van der Waals surface area contributed by atoms with Gasteiger partial charge in [0, 0.05) is 17.6 Å². The van der Waals surface area contributed by atoms with Crippen molar-refractivity contribution in [1.29, 1.82) is 0 Å². The molecule has 0 saturated carbocycles. The second kappa shape index (κ2) is 7.19. The van der Waals surface area contributed by atoms with E-state index in [0.29, 0.717) is 6.61 Å². The maximum Gasteiger partial charge on any atom is 0.119 e. The lowest BCUT2D eigenvalue weighted by Gasteiger charge is -2.08. The first-order chi connectivity index (χ1) is 8.86. The van der Waals surface area contributed by atoms with Gasteiger partial charge in [-0.15, -0.1) is 0 Å². The molecule has 0 aliphatic rings. The summed E-state index contributed by atoms with van der Waals surface area (Å²) < 4.78 is 6.74. The summed E-state index contributed by atoms with van der Waals surface area (Å²) >= 11 is 3.53. The Kier molecular flexibility index (Phi) is 5.24. The first-order valence-corrected chi connectivity index (χ1v) is 6.77. The third-order valence-corrected chi connectivity index (χ3v) is 3.34. The first-order valence-electron chi connectivity index (χ1n) is 5.98. The number of rotatable bonds is 6. The molecule has 2 rings (SSSR count). The van der Waals surface area contributed by atoms with E-state index in [2.05, 4.69) is 33.4 Å². The Morgan fingerprint density at radius 3 is 2.44 bits per heavy atom. The molecule has 0 amide bonds. The van der Waals surface area contributed by atoms with Crippen LogP contribution >= 0.6 is 15.9 Å². The summed E-state index contributed by atoms with van der Waals surface area (Å²) in [5.41, 5.74) is 1.26. The van der Waals surface area contributed by atoms with Crippen LogP contribution in [0.1, 0.15) is 5.56 Å². The van der Waals surface area contributed by atoms with Crippen molar-refractivity contribution in [2.75, 3.05) is 13.2 Å². The number of nitrogens with one attached hydrogen (secondary N) is 1. The van der Waals surface area contributed by atoms with Gasteiger partial charge in [0.25, 0.3) is 0 Å². The van der Waals surface area contributed by atoms with Crippen molar-refractivity contribution in [2.45, 2.75) is 6.54 Å². The highest BCUT2D eigenvalue weighted by atomic mass is 79.9. The van der Waals surface area contributed by atoms with Crippen LogP contribution in [0.4, 0.5) is 0 Å². The van der Waals surface area contributed by atoms with Crippen molar-refractivity contribution in [2.24, 2.45) is 0 Å². The van der Waals surface area contributed by atoms with Crippen molar-refractivity contribution >= 4 is 15.9 Å². The van der Waals surface area contributed by atoms with E-state index in [1.165, 1.54) is 5.56 Å². The Morgan fingerprint density at radius 2 is 1.67 bits per heavy atom. The molecule has 0 aliphatic carbocycles. The molecule has 0 aliphatic heterocycles. The standard InChI is InChI=1S/C15H16BrNO/c16-15-9-5-4-6-13(15)12-17-10-11-18-14-7-2-1-3-8-14/h1-9,17H,10-12H2. The van der Waals surface area contributed by atoms with Gasteiger partial charge < -0.3 is 10.1 Å². The molecule has 18 heavy (non-hydrogen) atoms. The third kappa shape index (κ3) is 4.17. The molecule has 0 bridgehead atoms. The molecule has 0 aromatic heterocycles. The molecule has 0 saturated heterocycles. The molecule has 2 aromatic rings. The molecule has 0 spiro atoms. The number of halogens is 1. The van der Waals surface area contributed by atoms with Crippen LogP contribution in [0.25, 0.3) is 0 Å². The van der Waals surface area contributed by atoms with Crippen LogP contribution in [-0.4, -0.2) is 13.2 Å². The maximum atomic E-state index is 5.60. The number of hydrogen-bond acceptors (Lipinski definition) is 2. The molecule has 2 aromatic carbocycles. The Hall–Kier alpha value is -1.32. The molecule has 0 fully saturated rings. The Labute approximate surface area is 116 Å². The van der Waals surface area contributed by atoms with Crippen molar-refractivity contribution in [3.8, 4) is 5.75 Å². The number of hydrogen-bond donors (Lipinski definition) is 1. The predicted molar refractivity (Wildman–Crippen MR) is 77.8 cm³/mol. The van der Waals surface area contributed by atoms with E-state index in [1.807, 2.05) is 42.5 Å². The molecule has 0 unspecified atom stereocenters. The van der Waals surface area contributed by atoms with Gasteiger partial charge in [-0.2, -0.15) is 0 Å². The number of benzene rings is 2. The summed E-state index contributed by atoms with van der Waals surface area (Å²) in [4.78, 5) is 0. The summed E-state index contributed by atoms with van der Waals surface area (Å²) in [6.07, 6.45) is 0. The predicted octanol–water partition coefficient (Wildman–Crippen LogP) is 3.62. The molecule has 3 heteroatoms. The fourth-order valence-corrected chi connectivity index (χ4v) is 2.05. The van der Waals surface area contributed by atoms with E-state index in [4.69, 9.17) is 4.74 Å². The van der Waals surface area contributed by atoms with Crippen molar-refractivity contribution < 1.29 is 4.74 Å². The van der Waals surface area contributed by atoms with Crippen LogP contribution in [-0.2, 0) is 6.54 Å². The zero-order valence-electron chi connectivity index (χ0n) is 10.1. The van der Waals surface area contributed by atoms with Crippen LogP contribution in [0, 0.1) is 0 Å². The lowest BCUT2D eigenvalue weighted by Crippen LogP contribution is -2.20. The van der Waals surface area contributed by atoms with E-state index in [9.17, 15) is 0 Å². The molecule has 1 N–H and O–H groups in total. The zero-order valence-corrected chi connectivity index (χ0v) is 11.7. The Morgan fingerprint density at radius 1 is 0.944 bits per heavy atom. The van der Waals surface area contributed by atoms with Gasteiger partial charge in [-0.1, -0.05) is 52.3 Å². The van der Waals surface area contributed by atoms with Crippen LogP contribution in [0.15, 0.2) is 59.1 Å². The molecule has 0 radical (unpaired) electrons. The Bertz CT molecular complexity index is 473. The van der Waals surface area contributed by atoms with Gasteiger partial charge in [-0.3, -0.25) is 0 Å². The highest BCUT2D eigenvalue weighted by Gasteiger charge is 1.97. The van der Waals surface area contributed by atoms with Gasteiger partial charge in [-0.05, 0) is 23.8 Å². The van der Waals surface area contributed by atoms with E-state index in [1.54, 1.807) is 0 Å². The van der Waals surface area contributed by atoms with Crippen LogP contribution < -0.4 is 10.1 Å². The fraction of sp³-hybridized carbons (Fsp3) is 0.200. The topological polar surface area (TPSA) is 21.3 Å². The minimum Gasteiger partial charge on any atom is -0.492 e. The molecule has 0 heterocycles. The first kappa shape index (κ1) is 13.1. The monoisotopic (exact) mass is 305 g/mol. The largest absolute Gasteiger partial charge is 0.492 e. The highest BCUT2D eigenvalue weighted by molar-refractivity contribution is 9.10. The zero-order chi connectivity index (χ0) is 12.6. The van der Waals surface area contributed by atoms with Gasteiger partial charge in [0.05, 0.1) is 0 Å². The number of ether oxygens (including phenoxy) is 1. The fourth-order valence-electron chi connectivity index (χ4n) is 1.62. The van der Waals surface area contributed by atoms with Crippen molar-refractivity contribution in [1.82, 2.24) is 5.32 Å². The maximum absolute atomic E-state index is 5.60. The summed E-state index contributed by atoms with van der Waals surface area (Å²) in [7, 11) is 0. The summed E-state index contributed by atoms with van der Waals surface area (Å²) in [6, 6.07) is 18.1. The number of para-hydroxylation sites is 1. The minimum atomic E-state index is 0.675. The average molecular weight is 306 g/mol. The smallest absolute Gasteiger partial charge is 0.119 e. The van der Waals surface area contributed by atoms with Gasteiger partial charge >= 0.3 is 0 Å². The van der Waals surface area contributed by atoms with E-state index >= 15 is 0 Å². The highest BCUT2D eigenvalue weighted by Crippen LogP contribution is 2.15. The van der Waals surface area contributed by atoms with Crippen LogP contribution in [0.3, 0.4) is 0 Å². The SMILES string of the molecule is Brc1ccccc1CNCCOc1ccccc1. The second-order valence-corrected chi connectivity index (χ2v) is 4.78. The van der Waals surface area contributed by atoms with Gasteiger partial charge in [-0.25, -0.2) is 0 Å². The molecule has 2 nitrogen and oxygen atoms in total. The lowest BCUT2D eigenvalue weighted by atomic mass is 10.2. The summed E-state index contributed by atoms with van der Waals surface area (Å²) in [6.45, 7) is 2.35. The Balaban J connectivity index is 1.66. The lowest BCUT2D eigenvalue weighted by molar-refractivity contribution is 0.313.